The summed E-state index contributed by atoms with van der Waals surface area (Å²) in [4.78, 5) is 16.4. The van der Waals surface area contributed by atoms with Gasteiger partial charge in [0.25, 0.3) is 0 Å². The van der Waals surface area contributed by atoms with Gasteiger partial charge in [-0.3, -0.25) is 4.98 Å². The van der Waals surface area contributed by atoms with Crippen molar-refractivity contribution in [1.29, 1.82) is 0 Å². The second-order valence-electron chi connectivity index (χ2n) is 6.98. The number of rotatable bonds is 4. The highest BCUT2D eigenvalue weighted by Crippen LogP contribution is 2.37. The zero-order valence-corrected chi connectivity index (χ0v) is 16.1. The van der Waals surface area contributed by atoms with Crippen molar-refractivity contribution in [1.82, 2.24) is 9.36 Å². The van der Waals surface area contributed by atoms with Gasteiger partial charge in [0.05, 0.1) is 29.7 Å². The van der Waals surface area contributed by atoms with E-state index in [2.05, 4.69) is 9.36 Å². The molecular weight excluding hydrogens is 358 g/mol. The number of hydrogen-bond donors (Lipinski definition) is 0. The Morgan fingerprint density at radius 2 is 1.92 bits per heavy atom. The number of pyridine rings is 1. The molecule has 0 amide bonds. The Morgan fingerprint density at radius 1 is 1.27 bits per heavy atom. The van der Waals surface area contributed by atoms with Crippen molar-refractivity contribution in [2.24, 2.45) is 0 Å². The van der Waals surface area contributed by atoms with Crippen molar-refractivity contribution in [3.63, 3.8) is 0 Å². The van der Waals surface area contributed by atoms with Crippen LogP contribution >= 0.6 is 11.5 Å². The summed E-state index contributed by atoms with van der Waals surface area (Å²) in [6.45, 7) is 9.68. The summed E-state index contributed by atoms with van der Waals surface area (Å²) in [6, 6.07) is 2.91. The lowest BCUT2D eigenvalue weighted by Crippen LogP contribution is -2.41. The quantitative estimate of drug-likeness (QED) is 0.602. The summed E-state index contributed by atoms with van der Waals surface area (Å²) in [5, 5.41) is 0. The smallest absolute Gasteiger partial charge is 0.462 e. The predicted octanol–water partition coefficient (Wildman–Crippen LogP) is 2.82. The van der Waals surface area contributed by atoms with Crippen molar-refractivity contribution >= 4 is 30.1 Å². The number of aromatic nitrogens is 2. The van der Waals surface area contributed by atoms with Crippen molar-refractivity contribution in [2.45, 2.75) is 45.8 Å². The lowest BCUT2D eigenvalue weighted by Gasteiger charge is -2.32. The van der Waals surface area contributed by atoms with E-state index < -0.39 is 30.1 Å². The Bertz CT molecular complexity index is 824. The van der Waals surface area contributed by atoms with Crippen molar-refractivity contribution in [3.8, 4) is 11.4 Å². The van der Waals surface area contributed by atoms with Gasteiger partial charge in [0, 0.05) is 5.46 Å². The Labute approximate surface area is 156 Å². The van der Waals surface area contributed by atoms with Gasteiger partial charge in [-0.15, -0.1) is 0 Å². The SMILES string of the molecule is CCOC(=O)c1cc(-c2ncc(F)cc2B2OC(C)(C)C(C)(C)O2)ns1. The van der Waals surface area contributed by atoms with Crippen molar-refractivity contribution in [3.05, 3.63) is 29.0 Å². The van der Waals surface area contributed by atoms with Crippen molar-refractivity contribution in [2.75, 3.05) is 6.61 Å². The molecule has 2 aromatic rings. The summed E-state index contributed by atoms with van der Waals surface area (Å²) >= 11 is 1.01. The van der Waals surface area contributed by atoms with Crippen LogP contribution in [0.1, 0.15) is 44.3 Å². The topological polar surface area (TPSA) is 70.5 Å². The first-order valence-electron chi connectivity index (χ1n) is 8.30. The highest BCUT2D eigenvalue weighted by Gasteiger charge is 2.52. The molecule has 0 radical (unpaired) electrons. The molecule has 1 aliphatic heterocycles. The van der Waals surface area contributed by atoms with Gasteiger partial charge in [0.2, 0.25) is 0 Å². The second-order valence-corrected chi connectivity index (χ2v) is 7.78. The fourth-order valence-electron chi connectivity index (χ4n) is 2.50. The first-order valence-corrected chi connectivity index (χ1v) is 9.07. The largest absolute Gasteiger partial charge is 0.497 e. The molecule has 0 bridgehead atoms. The molecule has 0 aliphatic carbocycles. The number of esters is 1. The first kappa shape index (κ1) is 18.9. The molecule has 0 saturated carbocycles. The molecule has 26 heavy (non-hydrogen) atoms. The average Bonchev–Trinajstić information content (AvgIpc) is 3.11. The number of ether oxygens (including phenoxy) is 1. The standard InChI is InChI=1S/C17H20BFN2O4S/c1-6-23-15(22)13-8-12(21-26-13)14-11(7-10(19)9-20-14)18-24-16(2,3)17(4,5)25-18/h7-9H,6H2,1-5H3. The van der Waals surface area contributed by atoms with Gasteiger partial charge >= 0.3 is 13.1 Å². The van der Waals surface area contributed by atoms with Crippen LogP contribution in [-0.2, 0) is 14.0 Å². The van der Waals surface area contributed by atoms with E-state index >= 15 is 0 Å². The van der Waals surface area contributed by atoms with Crippen LogP contribution < -0.4 is 5.46 Å². The average molecular weight is 378 g/mol. The maximum absolute atomic E-state index is 13.9. The number of nitrogens with zero attached hydrogens (tertiary/aromatic N) is 2. The lowest BCUT2D eigenvalue weighted by molar-refractivity contribution is 0.00578. The van der Waals surface area contributed by atoms with Crippen LogP contribution in [0.2, 0.25) is 0 Å². The van der Waals surface area contributed by atoms with Crippen LogP contribution in [0, 0.1) is 5.82 Å². The fourth-order valence-corrected chi connectivity index (χ4v) is 3.14. The minimum Gasteiger partial charge on any atom is -0.462 e. The zero-order chi connectivity index (χ0) is 19.1. The molecule has 1 fully saturated rings. The van der Waals surface area contributed by atoms with E-state index in [4.69, 9.17) is 14.0 Å². The third-order valence-electron chi connectivity index (χ3n) is 4.62. The van der Waals surface area contributed by atoms with E-state index in [1.54, 1.807) is 13.0 Å². The molecule has 1 aliphatic rings. The molecule has 0 atom stereocenters. The second kappa shape index (κ2) is 6.72. The van der Waals surface area contributed by atoms with Crippen LogP contribution in [0.25, 0.3) is 11.4 Å². The number of carbonyl (C=O) groups is 1. The summed E-state index contributed by atoms with van der Waals surface area (Å²) in [5.41, 5.74) is 0.155. The van der Waals surface area contributed by atoms with Gasteiger partial charge in [-0.2, -0.15) is 4.37 Å². The van der Waals surface area contributed by atoms with Crippen molar-refractivity contribution < 1.29 is 23.2 Å². The third kappa shape index (κ3) is 3.38. The molecular formula is C17H20BFN2O4S. The van der Waals surface area contributed by atoms with Gasteiger partial charge in [-0.1, -0.05) is 0 Å². The van der Waals surface area contributed by atoms with Gasteiger partial charge in [0.15, 0.2) is 0 Å². The summed E-state index contributed by atoms with van der Waals surface area (Å²) in [5.74, 6) is -0.949. The van der Waals surface area contributed by atoms with Gasteiger partial charge < -0.3 is 14.0 Å². The number of halogens is 1. The Balaban J connectivity index is 1.99. The van der Waals surface area contributed by atoms with Gasteiger partial charge in [-0.25, -0.2) is 9.18 Å². The van der Waals surface area contributed by atoms with E-state index in [1.165, 1.54) is 6.07 Å². The Hall–Kier alpha value is -1.84. The predicted molar refractivity (Wildman–Crippen MR) is 97.0 cm³/mol. The molecule has 0 N–H and O–H groups in total. The van der Waals surface area contributed by atoms with Crippen LogP contribution in [0.15, 0.2) is 18.3 Å². The summed E-state index contributed by atoms with van der Waals surface area (Å²) in [7, 11) is -0.786. The minimum atomic E-state index is -0.786. The molecule has 0 aromatic carbocycles. The zero-order valence-electron chi connectivity index (χ0n) is 15.3. The Kier molecular flexibility index (Phi) is 4.89. The van der Waals surface area contributed by atoms with E-state index in [1.807, 2.05) is 27.7 Å². The van der Waals surface area contributed by atoms with E-state index in [9.17, 15) is 9.18 Å². The lowest BCUT2D eigenvalue weighted by atomic mass is 9.77. The van der Waals surface area contributed by atoms with E-state index in [0.29, 0.717) is 21.7 Å². The first-order chi connectivity index (χ1) is 12.1. The molecule has 2 aromatic heterocycles. The van der Waals surface area contributed by atoms with E-state index in [-0.39, 0.29) is 6.61 Å². The van der Waals surface area contributed by atoms with Gasteiger partial charge in [-0.05, 0) is 58.3 Å². The van der Waals surface area contributed by atoms with Crippen LogP contribution in [0.3, 0.4) is 0 Å². The number of carbonyl (C=O) groups excluding carboxylic acids is 1. The molecule has 3 heterocycles. The fraction of sp³-hybridized carbons (Fsp3) is 0.471. The maximum Gasteiger partial charge on any atom is 0.497 e. The summed E-state index contributed by atoms with van der Waals surface area (Å²) in [6.07, 6.45) is 1.10. The molecule has 9 heteroatoms. The molecule has 0 unspecified atom stereocenters. The monoisotopic (exact) mass is 378 g/mol. The summed E-state index contributed by atoms with van der Waals surface area (Å²) < 4.78 is 35.2. The molecule has 138 valence electrons. The maximum atomic E-state index is 13.9. The van der Waals surface area contributed by atoms with Crippen LogP contribution in [0.5, 0.6) is 0 Å². The van der Waals surface area contributed by atoms with Crippen LogP contribution in [-0.4, -0.2) is 40.3 Å². The molecule has 6 nitrogen and oxygen atoms in total. The van der Waals surface area contributed by atoms with E-state index in [0.717, 1.165) is 17.7 Å². The minimum absolute atomic E-state index is 0.278. The highest BCUT2D eigenvalue weighted by molar-refractivity contribution is 7.08. The molecule has 0 spiro atoms. The number of hydrogen-bond acceptors (Lipinski definition) is 7. The molecule has 1 saturated heterocycles. The third-order valence-corrected chi connectivity index (χ3v) is 5.39. The molecule has 3 rings (SSSR count). The Morgan fingerprint density at radius 3 is 2.54 bits per heavy atom. The normalized spacial score (nSPS) is 18.2. The highest BCUT2D eigenvalue weighted by atomic mass is 32.1. The van der Waals surface area contributed by atoms with Crippen LogP contribution in [0.4, 0.5) is 4.39 Å². The van der Waals surface area contributed by atoms with Gasteiger partial charge in [0.1, 0.15) is 16.4 Å².